The van der Waals surface area contributed by atoms with Crippen LogP contribution in [0.15, 0.2) is 11.6 Å². The number of hydrogen-bond donors (Lipinski definition) is 0. The van der Waals surface area contributed by atoms with Gasteiger partial charge in [0.05, 0.1) is 6.61 Å². The minimum absolute atomic E-state index is 0.145. The summed E-state index contributed by atoms with van der Waals surface area (Å²) in [5, 5.41) is 9.20. The maximum Gasteiger partial charge on any atom is 0.349 e. The number of hydrogen-bond acceptors (Lipinski definition) is 5. The van der Waals surface area contributed by atoms with Crippen LogP contribution in [-0.4, -0.2) is 55.8 Å². The van der Waals surface area contributed by atoms with Crippen LogP contribution in [0.3, 0.4) is 0 Å². The molecule has 7 heteroatoms. The lowest BCUT2D eigenvalue weighted by molar-refractivity contribution is -0.147. The fraction of sp³-hybridized carbons (Fsp3) is 0.471. The Morgan fingerprint density at radius 2 is 2.04 bits per heavy atom. The fourth-order valence-electron chi connectivity index (χ4n) is 2.13. The zero-order chi connectivity index (χ0) is 18.3. The Morgan fingerprint density at radius 1 is 1.38 bits per heavy atom. The first-order chi connectivity index (χ1) is 11.3. The average Bonchev–Trinajstić information content (AvgIpc) is 2.81. The molecule has 1 aromatic heterocycles. The topological polar surface area (TPSA) is 84.6 Å². The SMILES string of the molecule is COCCn1c(C)cc(/C=C(\C#N)C(=O)OCC(=O)N(C)C)c1C. The van der Waals surface area contributed by atoms with Crippen molar-refractivity contribution in [3.8, 4) is 6.07 Å². The highest BCUT2D eigenvalue weighted by Gasteiger charge is 2.16. The van der Waals surface area contributed by atoms with Crippen molar-refractivity contribution >= 4 is 18.0 Å². The van der Waals surface area contributed by atoms with Gasteiger partial charge in [0.2, 0.25) is 0 Å². The number of methoxy groups -OCH3 is 1. The van der Waals surface area contributed by atoms with Gasteiger partial charge in [-0.05, 0) is 31.6 Å². The molecule has 0 radical (unpaired) electrons. The van der Waals surface area contributed by atoms with Gasteiger partial charge in [0, 0.05) is 39.1 Å². The van der Waals surface area contributed by atoms with Crippen molar-refractivity contribution in [2.24, 2.45) is 0 Å². The maximum absolute atomic E-state index is 12.0. The number of esters is 1. The minimum atomic E-state index is -0.811. The number of carbonyl (C=O) groups is 2. The number of aryl methyl sites for hydroxylation is 1. The van der Waals surface area contributed by atoms with Gasteiger partial charge in [-0.3, -0.25) is 4.79 Å². The van der Waals surface area contributed by atoms with Crippen molar-refractivity contribution in [3.63, 3.8) is 0 Å². The van der Waals surface area contributed by atoms with Crippen LogP contribution in [0.5, 0.6) is 0 Å². The molecule has 7 nitrogen and oxygen atoms in total. The summed E-state index contributed by atoms with van der Waals surface area (Å²) in [6, 6.07) is 3.72. The summed E-state index contributed by atoms with van der Waals surface area (Å²) in [5.41, 5.74) is 2.54. The molecule has 0 aliphatic rings. The number of rotatable bonds is 7. The first-order valence-corrected chi connectivity index (χ1v) is 7.46. The Kier molecular flexibility index (Phi) is 7.21. The predicted octanol–water partition coefficient (Wildman–Crippen LogP) is 1.29. The van der Waals surface area contributed by atoms with Crippen LogP contribution in [-0.2, 0) is 25.6 Å². The molecule has 0 atom stereocenters. The lowest BCUT2D eigenvalue weighted by Gasteiger charge is -2.10. The lowest BCUT2D eigenvalue weighted by Crippen LogP contribution is -2.27. The Bertz CT molecular complexity index is 681. The molecule has 0 aromatic carbocycles. The van der Waals surface area contributed by atoms with E-state index in [0.717, 1.165) is 17.0 Å². The Hall–Kier alpha value is -2.59. The van der Waals surface area contributed by atoms with Gasteiger partial charge in [0.15, 0.2) is 6.61 Å². The van der Waals surface area contributed by atoms with E-state index >= 15 is 0 Å². The molecule has 0 unspecified atom stereocenters. The Balaban J connectivity index is 2.94. The molecular weight excluding hydrogens is 310 g/mol. The van der Waals surface area contributed by atoms with Crippen LogP contribution in [0.2, 0.25) is 0 Å². The molecule has 0 spiro atoms. The minimum Gasteiger partial charge on any atom is -0.451 e. The van der Waals surface area contributed by atoms with E-state index in [1.807, 2.05) is 30.6 Å². The van der Waals surface area contributed by atoms with E-state index in [1.54, 1.807) is 21.2 Å². The largest absolute Gasteiger partial charge is 0.451 e. The summed E-state index contributed by atoms with van der Waals surface area (Å²) in [4.78, 5) is 24.7. The third kappa shape index (κ3) is 4.96. The highest BCUT2D eigenvalue weighted by atomic mass is 16.5. The van der Waals surface area contributed by atoms with Crippen LogP contribution in [0.4, 0.5) is 0 Å². The Labute approximate surface area is 142 Å². The number of aromatic nitrogens is 1. The number of amides is 1. The van der Waals surface area contributed by atoms with E-state index in [9.17, 15) is 14.9 Å². The van der Waals surface area contributed by atoms with Gasteiger partial charge in [0.1, 0.15) is 11.6 Å². The van der Waals surface area contributed by atoms with Crippen LogP contribution in [0.25, 0.3) is 6.08 Å². The second-order valence-electron chi connectivity index (χ2n) is 5.51. The molecule has 0 saturated carbocycles. The first kappa shape index (κ1) is 19.5. The molecule has 0 bridgehead atoms. The van der Waals surface area contributed by atoms with E-state index in [4.69, 9.17) is 9.47 Å². The second-order valence-corrected chi connectivity index (χ2v) is 5.51. The van der Waals surface area contributed by atoms with Crippen molar-refractivity contribution in [1.82, 2.24) is 9.47 Å². The molecule has 1 heterocycles. The summed E-state index contributed by atoms with van der Waals surface area (Å²) in [5.74, 6) is -1.16. The number of nitriles is 1. The fourth-order valence-corrected chi connectivity index (χ4v) is 2.13. The Morgan fingerprint density at radius 3 is 2.58 bits per heavy atom. The van der Waals surface area contributed by atoms with E-state index < -0.39 is 12.6 Å². The molecule has 1 aromatic rings. The summed E-state index contributed by atoms with van der Waals surface area (Å²) in [6.45, 7) is 4.72. The van der Waals surface area contributed by atoms with Crippen LogP contribution in [0, 0.1) is 25.2 Å². The van der Waals surface area contributed by atoms with Gasteiger partial charge < -0.3 is 18.9 Å². The van der Waals surface area contributed by atoms with E-state index in [-0.39, 0.29) is 11.5 Å². The van der Waals surface area contributed by atoms with Crippen molar-refractivity contribution in [2.45, 2.75) is 20.4 Å². The summed E-state index contributed by atoms with van der Waals surface area (Å²) < 4.78 is 12.0. The second kappa shape index (κ2) is 8.89. The molecule has 130 valence electrons. The quantitative estimate of drug-likeness (QED) is 0.426. The van der Waals surface area contributed by atoms with Gasteiger partial charge in [0.25, 0.3) is 5.91 Å². The molecule has 0 fully saturated rings. The summed E-state index contributed by atoms with van der Waals surface area (Å²) in [6.07, 6.45) is 1.48. The highest BCUT2D eigenvalue weighted by Crippen LogP contribution is 2.18. The van der Waals surface area contributed by atoms with Gasteiger partial charge >= 0.3 is 5.97 Å². The van der Waals surface area contributed by atoms with Crippen molar-refractivity contribution in [3.05, 3.63) is 28.6 Å². The standard InChI is InChI=1S/C17H23N3O4/c1-12-8-14(13(2)20(12)6-7-23-5)9-15(10-18)17(22)24-11-16(21)19(3)4/h8-9H,6-7,11H2,1-5H3/b15-9+. The molecule has 0 aliphatic heterocycles. The highest BCUT2D eigenvalue weighted by molar-refractivity contribution is 5.99. The third-order valence-corrected chi connectivity index (χ3v) is 3.60. The number of likely N-dealkylation sites (N-methyl/N-ethyl adjacent to an activating group) is 1. The van der Waals surface area contributed by atoms with Crippen LogP contribution < -0.4 is 0 Å². The van der Waals surface area contributed by atoms with Gasteiger partial charge in [-0.15, -0.1) is 0 Å². The number of ether oxygens (including phenoxy) is 2. The van der Waals surface area contributed by atoms with Crippen molar-refractivity contribution in [1.29, 1.82) is 5.26 Å². The number of carbonyl (C=O) groups excluding carboxylic acids is 2. The van der Waals surface area contributed by atoms with Gasteiger partial charge in [-0.1, -0.05) is 0 Å². The lowest BCUT2D eigenvalue weighted by atomic mass is 10.1. The molecule has 0 aliphatic carbocycles. The first-order valence-electron chi connectivity index (χ1n) is 7.46. The molecule has 1 amide bonds. The number of nitrogens with zero attached hydrogens (tertiary/aromatic N) is 3. The monoisotopic (exact) mass is 333 g/mol. The average molecular weight is 333 g/mol. The molecule has 0 N–H and O–H groups in total. The molecular formula is C17H23N3O4. The zero-order valence-electron chi connectivity index (χ0n) is 14.8. The normalized spacial score (nSPS) is 11.1. The smallest absolute Gasteiger partial charge is 0.349 e. The molecule has 24 heavy (non-hydrogen) atoms. The van der Waals surface area contributed by atoms with Gasteiger partial charge in [-0.25, -0.2) is 4.79 Å². The van der Waals surface area contributed by atoms with E-state index in [2.05, 4.69) is 0 Å². The van der Waals surface area contributed by atoms with E-state index in [1.165, 1.54) is 11.0 Å². The predicted molar refractivity (Wildman–Crippen MR) is 89.0 cm³/mol. The van der Waals surface area contributed by atoms with Crippen molar-refractivity contribution in [2.75, 3.05) is 34.4 Å². The van der Waals surface area contributed by atoms with Crippen molar-refractivity contribution < 1.29 is 19.1 Å². The van der Waals surface area contributed by atoms with Gasteiger partial charge in [-0.2, -0.15) is 5.26 Å². The molecule has 1 rings (SSSR count). The third-order valence-electron chi connectivity index (χ3n) is 3.60. The molecule has 0 saturated heterocycles. The zero-order valence-corrected chi connectivity index (χ0v) is 14.8. The maximum atomic E-state index is 12.0. The summed E-state index contributed by atoms with van der Waals surface area (Å²) >= 11 is 0. The summed E-state index contributed by atoms with van der Waals surface area (Å²) in [7, 11) is 4.76. The van der Waals surface area contributed by atoms with Crippen LogP contribution >= 0.6 is 0 Å². The van der Waals surface area contributed by atoms with E-state index in [0.29, 0.717) is 13.2 Å². The van der Waals surface area contributed by atoms with Crippen LogP contribution in [0.1, 0.15) is 17.0 Å².